The lowest BCUT2D eigenvalue weighted by Crippen LogP contribution is -2.20. The third kappa shape index (κ3) is 0.951. The number of aliphatic imine (C=N–C) groups is 1. The van der Waals surface area contributed by atoms with Gasteiger partial charge in [0.05, 0.1) is 0 Å². The minimum absolute atomic E-state index is 0.111. The highest BCUT2D eigenvalue weighted by molar-refractivity contribution is 7.80. The second-order valence-corrected chi connectivity index (χ2v) is 2.08. The first-order chi connectivity index (χ1) is 3.30. The maximum Gasteiger partial charge on any atom is 0.146 e. The van der Waals surface area contributed by atoms with Crippen LogP contribution in [0.3, 0.4) is 0 Å². The van der Waals surface area contributed by atoms with Gasteiger partial charge in [0.2, 0.25) is 0 Å². The number of hydrogen-bond acceptors (Lipinski definition) is 3. The van der Waals surface area contributed by atoms with Gasteiger partial charge in [-0.2, -0.15) is 0 Å². The van der Waals surface area contributed by atoms with E-state index in [0.717, 1.165) is 6.54 Å². The molecule has 0 N–H and O–H groups in total. The number of thiol groups is 1. The summed E-state index contributed by atoms with van der Waals surface area (Å²) in [6.07, 6.45) is 1.87. The van der Waals surface area contributed by atoms with Crippen LogP contribution >= 0.6 is 12.6 Å². The summed E-state index contributed by atoms with van der Waals surface area (Å²) in [6, 6.07) is 0. The molecule has 7 heavy (non-hydrogen) atoms. The van der Waals surface area contributed by atoms with Crippen molar-refractivity contribution >= 4 is 18.8 Å². The highest BCUT2D eigenvalue weighted by Gasteiger charge is 2.09. The van der Waals surface area contributed by atoms with Gasteiger partial charge in [0.25, 0.3) is 0 Å². The van der Waals surface area contributed by atoms with Crippen LogP contribution in [0.4, 0.5) is 0 Å². The van der Waals surface area contributed by atoms with Gasteiger partial charge in [-0.15, -0.1) is 12.6 Å². The summed E-state index contributed by atoms with van der Waals surface area (Å²) in [7, 11) is 1.99. The molecular formula is C4H8N2S. The highest BCUT2D eigenvalue weighted by atomic mass is 32.1. The van der Waals surface area contributed by atoms with Crippen molar-refractivity contribution in [3.63, 3.8) is 0 Å². The molecule has 1 unspecified atom stereocenters. The molecule has 1 aliphatic rings. The molecule has 0 amide bonds. The van der Waals surface area contributed by atoms with Crippen molar-refractivity contribution in [2.75, 3.05) is 13.6 Å². The first-order valence-electron chi connectivity index (χ1n) is 2.20. The van der Waals surface area contributed by atoms with Crippen molar-refractivity contribution < 1.29 is 0 Å². The van der Waals surface area contributed by atoms with Gasteiger partial charge in [0.15, 0.2) is 0 Å². The van der Waals surface area contributed by atoms with Crippen LogP contribution in [0.1, 0.15) is 0 Å². The predicted octanol–water partition coefficient (Wildman–Crippen LogP) is 0.216. The van der Waals surface area contributed by atoms with Crippen LogP contribution in [0.15, 0.2) is 4.99 Å². The van der Waals surface area contributed by atoms with Crippen LogP contribution in [0, 0.1) is 0 Å². The van der Waals surface area contributed by atoms with Crippen molar-refractivity contribution in [1.82, 2.24) is 4.90 Å². The van der Waals surface area contributed by atoms with Crippen molar-refractivity contribution in [2.24, 2.45) is 4.99 Å². The summed E-state index contributed by atoms with van der Waals surface area (Å²) < 4.78 is 0. The molecule has 0 saturated heterocycles. The molecule has 1 heterocycles. The number of rotatable bonds is 0. The van der Waals surface area contributed by atoms with Gasteiger partial charge in [-0.05, 0) is 7.05 Å². The highest BCUT2D eigenvalue weighted by Crippen LogP contribution is 2.05. The van der Waals surface area contributed by atoms with Crippen LogP contribution in [0.2, 0.25) is 0 Å². The standard InChI is InChI=1S/C4H8N2S/c1-6-3-2-5-4(6)7/h2,4,7H,3H2,1H3. The fraction of sp³-hybridized carbons (Fsp3) is 0.750. The molecule has 0 aromatic heterocycles. The molecular weight excluding hydrogens is 108 g/mol. The van der Waals surface area contributed by atoms with E-state index in [1.165, 1.54) is 0 Å². The Hall–Kier alpha value is -0.0200. The number of hydrogen-bond donors (Lipinski definition) is 1. The summed E-state index contributed by atoms with van der Waals surface area (Å²) >= 11 is 4.12. The van der Waals surface area contributed by atoms with Gasteiger partial charge in [-0.1, -0.05) is 0 Å². The van der Waals surface area contributed by atoms with E-state index in [0.29, 0.717) is 0 Å². The molecule has 0 aromatic carbocycles. The van der Waals surface area contributed by atoms with Crippen molar-refractivity contribution in [3.05, 3.63) is 0 Å². The maximum absolute atomic E-state index is 4.12. The molecule has 0 radical (unpaired) electrons. The Labute approximate surface area is 48.6 Å². The largest absolute Gasteiger partial charge is 0.271 e. The zero-order valence-electron chi connectivity index (χ0n) is 4.20. The fourth-order valence-electron chi connectivity index (χ4n) is 0.478. The zero-order chi connectivity index (χ0) is 5.28. The SMILES string of the molecule is CN1CC=NC1S. The molecule has 1 rings (SSSR count). The Balaban J connectivity index is 2.45. The van der Waals surface area contributed by atoms with Crippen molar-refractivity contribution in [2.45, 2.75) is 5.50 Å². The molecule has 0 aromatic rings. The molecule has 40 valence electrons. The van der Waals surface area contributed by atoms with Crippen LogP contribution in [-0.2, 0) is 0 Å². The molecule has 0 aliphatic carbocycles. The monoisotopic (exact) mass is 116 g/mol. The Kier molecular flexibility index (Phi) is 1.35. The van der Waals surface area contributed by atoms with Crippen molar-refractivity contribution in [1.29, 1.82) is 0 Å². The van der Waals surface area contributed by atoms with Gasteiger partial charge < -0.3 is 0 Å². The normalized spacial score (nSPS) is 32.0. The third-order valence-electron chi connectivity index (χ3n) is 1.00. The summed E-state index contributed by atoms with van der Waals surface area (Å²) in [5.74, 6) is 0. The van der Waals surface area contributed by atoms with E-state index < -0.39 is 0 Å². The summed E-state index contributed by atoms with van der Waals surface area (Å²) in [5.41, 5.74) is 0.111. The Morgan fingerprint density at radius 3 is 2.86 bits per heavy atom. The fourth-order valence-corrected chi connectivity index (χ4v) is 0.667. The average molecular weight is 116 g/mol. The van der Waals surface area contributed by atoms with Crippen LogP contribution < -0.4 is 0 Å². The van der Waals surface area contributed by atoms with Gasteiger partial charge >= 0.3 is 0 Å². The van der Waals surface area contributed by atoms with Crippen molar-refractivity contribution in [3.8, 4) is 0 Å². The quantitative estimate of drug-likeness (QED) is 0.447. The lowest BCUT2D eigenvalue weighted by atomic mass is 10.7. The average Bonchev–Trinajstić information content (AvgIpc) is 1.91. The van der Waals surface area contributed by atoms with Gasteiger partial charge in [0.1, 0.15) is 5.50 Å². The van der Waals surface area contributed by atoms with E-state index >= 15 is 0 Å². The van der Waals surface area contributed by atoms with E-state index in [-0.39, 0.29) is 5.50 Å². The topological polar surface area (TPSA) is 15.6 Å². The Bertz CT molecular complexity index is 91.7. The second-order valence-electron chi connectivity index (χ2n) is 1.62. The predicted molar refractivity (Wildman–Crippen MR) is 33.9 cm³/mol. The van der Waals surface area contributed by atoms with Gasteiger partial charge in [0, 0.05) is 12.8 Å². The van der Waals surface area contributed by atoms with Crippen LogP contribution in [-0.4, -0.2) is 30.2 Å². The summed E-state index contributed by atoms with van der Waals surface area (Å²) in [5, 5.41) is 0. The third-order valence-corrected chi connectivity index (χ3v) is 1.53. The second kappa shape index (κ2) is 1.84. The first-order valence-corrected chi connectivity index (χ1v) is 2.72. The van der Waals surface area contributed by atoms with Gasteiger partial charge in [-0.25, -0.2) is 0 Å². The first kappa shape index (κ1) is 5.12. The summed E-state index contributed by atoms with van der Waals surface area (Å²) in [6.45, 7) is 0.939. The lowest BCUT2D eigenvalue weighted by Gasteiger charge is -2.09. The molecule has 1 aliphatic heterocycles. The lowest BCUT2D eigenvalue weighted by molar-refractivity contribution is 0.394. The minimum Gasteiger partial charge on any atom is -0.271 e. The van der Waals surface area contributed by atoms with E-state index in [9.17, 15) is 0 Å². The van der Waals surface area contributed by atoms with E-state index in [1.54, 1.807) is 0 Å². The molecule has 0 fully saturated rings. The van der Waals surface area contributed by atoms with E-state index in [1.807, 2.05) is 18.2 Å². The van der Waals surface area contributed by atoms with Gasteiger partial charge in [-0.3, -0.25) is 9.89 Å². The van der Waals surface area contributed by atoms with Crippen LogP contribution in [0.25, 0.3) is 0 Å². The van der Waals surface area contributed by atoms with Crippen LogP contribution in [0.5, 0.6) is 0 Å². The Morgan fingerprint density at radius 2 is 2.71 bits per heavy atom. The van der Waals surface area contributed by atoms with E-state index in [2.05, 4.69) is 17.6 Å². The smallest absolute Gasteiger partial charge is 0.146 e. The molecule has 0 saturated carbocycles. The molecule has 0 bridgehead atoms. The number of nitrogens with zero attached hydrogens (tertiary/aromatic N) is 2. The zero-order valence-corrected chi connectivity index (χ0v) is 5.10. The maximum atomic E-state index is 4.12. The van der Waals surface area contributed by atoms with E-state index in [4.69, 9.17) is 0 Å². The molecule has 3 heteroatoms. The minimum atomic E-state index is 0.111. The molecule has 0 spiro atoms. The molecule has 1 atom stereocenters. The molecule has 2 nitrogen and oxygen atoms in total. The summed E-state index contributed by atoms with van der Waals surface area (Å²) in [4.78, 5) is 6.03. The Morgan fingerprint density at radius 1 is 2.00 bits per heavy atom.